The molecule has 4 nitrogen and oxygen atoms in total. The van der Waals surface area contributed by atoms with Crippen LogP contribution in [-0.2, 0) is 0 Å². The molecule has 0 aromatic carbocycles. The van der Waals surface area contributed by atoms with Gasteiger partial charge in [0.1, 0.15) is 0 Å². The Labute approximate surface area is 97.6 Å². The molecular weight excluding hydrogens is 202 g/mol. The molecule has 2 aliphatic carbocycles. The Hall–Kier alpha value is -0.770. The number of nitrogens with one attached hydrogen (secondary N) is 1. The van der Waals surface area contributed by atoms with Crippen LogP contribution in [0.5, 0.6) is 0 Å². The van der Waals surface area contributed by atoms with Crippen LogP contribution in [0, 0.1) is 5.92 Å². The molecule has 0 aliphatic heterocycles. The van der Waals surface area contributed by atoms with E-state index < -0.39 is 0 Å². The van der Waals surface area contributed by atoms with E-state index in [0.29, 0.717) is 24.5 Å². The molecule has 0 aromatic heterocycles. The molecule has 2 rings (SSSR count). The summed E-state index contributed by atoms with van der Waals surface area (Å²) in [5, 5.41) is 3.07. The molecule has 16 heavy (non-hydrogen) atoms. The van der Waals surface area contributed by atoms with Gasteiger partial charge < -0.3 is 16.0 Å². The fourth-order valence-corrected chi connectivity index (χ4v) is 2.72. The summed E-state index contributed by atoms with van der Waals surface area (Å²) in [5.74, 6) is 0.505. The van der Waals surface area contributed by atoms with Crippen molar-refractivity contribution in [1.82, 2.24) is 10.2 Å². The minimum Gasteiger partial charge on any atom is -0.335 e. The van der Waals surface area contributed by atoms with E-state index in [0.717, 1.165) is 25.8 Å². The third kappa shape index (κ3) is 2.48. The number of nitrogens with two attached hydrogens (primary N) is 1. The molecule has 92 valence electrons. The quantitative estimate of drug-likeness (QED) is 0.758. The monoisotopic (exact) mass is 225 g/mol. The lowest BCUT2D eigenvalue weighted by Gasteiger charge is -2.32. The van der Waals surface area contributed by atoms with Crippen LogP contribution in [0.1, 0.15) is 39.0 Å². The van der Waals surface area contributed by atoms with Gasteiger partial charge in [-0.25, -0.2) is 4.79 Å². The third-order valence-electron chi connectivity index (χ3n) is 3.83. The van der Waals surface area contributed by atoms with E-state index in [1.807, 2.05) is 4.90 Å². The molecule has 2 atom stereocenters. The first-order valence-electron chi connectivity index (χ1n) is 6.53. The second kappa shape index (κ2) is 5.04. The zero-order chi connectivity index (χ0) is 11.5. The van der Waals surface area contributed by atoms with Gasteiger partial charge in [-0.05, 0) is 45.1 Å². The van der Waals surface area contributed by atoms with Gasteiger partial charge in [0.25, 0.3) is 0 Å². The molecule has 0 aromatic rings. The predicted molar refractivity (Wildman–Crippen MR) is 64.1 cm³/mol. The van der Waals surface area contributed by atoms with Crippen molar-refractivity contribution in [3.8, 4) is 0 Å². The lowest BCUT2D eigenvalue weighted by Crippen LogP contribution is -2.49. The molecule has 2 unspecified atom stereocenters. The Morgan fingerprint density at radius 1 is 1.38 bits per heavy atom. The summed E-state index contributed by atoms with van der Waals surface area (Å²) in [6, 6.07) is 0.934. The molecule has 4 heteroatoms. The Kier molecular flexibility index (Phi) is 3.69. The first kappa shape index (κ1) is 11.7. The SMILES string of the molecule is CCN(C(=O)NC1CC1)C1CCCC1CN. The van der Waals surface area contributed by atoms with Gasteiger partial charge in [0.15, 0.2) is 0 Å². The fourth-order valence-electron chi connectivity index (χ4n) is 2.72. The van der Waals surface area contributed by atoms with Crippen molar-refractivity contribution in [1.29, 1.82) is 0 Å². The van der Waals surface area contributed by atoms with Crippen molar-refractivity contribution in [2.75, 3.05) is 13.1 Å². The smallest absolute Gasteiger partial charge is 0.317 e. The summed E-state index contributed by atoms with van der Waals surface area (Å²) in [4.78, 5) is 14.0. The normalized spacial score (nSPS) is 29.1. The van der Waals surface area contributed by atoms with E-state index in [-0.39, 0.29) is 6.03 Å². The van der Waals surface area contributed by atoms with Crippen molar-refractivity contribution in [3.05, 3.63) is 0 Å². The molecule has 2 fully saturated rings. The van der Waals surface area contributed by atoms with Crippen LogP contribution in [0.25, 0.3) is 0 Å². The van der Waals surface area contributed by atoms with Crippen LogP contribution < -0.4 is 11.1 Å². The Bertz CT molecular complexity index is 253. The Morgan fingerprint density at radius 3 is 2.69 bits per heavy atom. The van der Waals surface area contributed by atoms with Crippen LogP contribution in [0.4, 0.5) is 4.79 Å². The van der Waals surface area contributed by atoms with Gasteiger partial charge in [0.05, 0.1) is 0 Å². The van der Waals surface area contributed by atoms with Crippen molar-refractivity contribution >= 4 is 6.03 Å². The van der Waals surface area contributed by atoms with Gasteiger partial charge in [-0.1, -0.05) is 6.42 Å². The van der Waals surface area contributed by atoms with Crippen LogP contribution >= 0.6 is 0 Å². The van der Waals surface area contributed by atoms with E-state index in [1.54, 1.807) is 0 Å². The Morgan fingerprint density at radius 2 is 2.12 bits per heavy atom. The largest absolute Gasteiger partial charge is 0.335 e. The van der Waals surface area contributed by atoms with Crippen molar-refractivity contribution in [3.63, 3.8) is 0 Å². The third-order valence-corrected chi connectivity index (χ3v) is 3.83. The zero-order valence-corrected chi connectivity index (χ0v) is 10.1. The molecule has 2 saturated carbocycles. The minimum absolute atomic E-state index is 0.121. The average Bonchev–Trinajstić information content (AvgIpc) is 2.96. The number of hydrogen-bond donors (Lipinski definition) is 2. The van der Waals surface area contributed by atoms with Crippen LogP contribution in [-0.4, -0.2) is 36.1 Å². The second-order valence-electron chi connectivity index (χ2n) is 5.00. The van der Waals surface area contributed by atoms with E-state index >= 15 is 0 Å². The number of urea groups is 1. The standard InChI is InChI=1S/C12H23N3O/c1-2-15(12(16)14-10-6-7-10)11-5-3-4-9(11)8-13/h9-11H,2-8,13H2,1H3,(H,14,16). The maximum absolute atomic E-state index is 12.0. The summed E-state index contributed by atoms with van der Waals surface area (Å²) < 4.78 is 0. The van der Waals surface area contributed by atoms with Gasteiger partial charge in [0, 0.05) is 18.6 Å². The molecular formula is C12H23N3O. The lowest BCUT2D eigenvalue weighted by molar-refractivity contribution is 0.162. The minimum atomic E-state index is 0.121. The summed E-state index contributed by atoms with van der Waals surface area (Å²) >= 11 is 0. The van der Waals surface area contributed by atoms with E-state index in [1.165, 1.54) is 12.8 Å². The highest BCUT2D eigenvalue weighted by Gasteiger charge is 2.34. The highest BCUT2D eigenvalue weighted by Crippen LogP contribution is 2.29. The van der Waals surface area contributed by atoms with Gasteiger partial charge >= 0.3 is 6.03 Å². The van der Waals surface area contributed by atoms with Crippen molar-refractivity contribution in [2.24, 2.45) is 11.7 Å². The first-order chi connectivity index (χ1) is 7.76. The van der Waals surface area contributed by atoms with Gasteiger partial charge in [-0.2, -0.15) is 0 Å². The number of nitrogens with zero attached hydrogens (tertiary/aromatic N) is 1. The van der Waals surface area contributed by atoms with Gasteiger partial charge in [-0.3, -0.25) is 0 Å². The molecule has 0 spiro atoms. The molecule has 3 N–H and O–H groups in total. The van der Waals surface area contributed by atoms with Gasteiger partial charge in [0.2, 0.25) is 0 Å². The van der Waals surface area contributed by atoms with Crippen LogP contribution in [0.3, 0.4) is 0 Å². The number of hydrogen-bond acceptors (Lipinski definition) is 2. The predicted octanol–water partition coefficient (Wildman–Crippen LogP) is 1.31. The zero-order valence-electron chi connectivity index (χ0n) is 10.1. The van der Waals surface area contributed by atoms with Crippen molar-refractivity contribution in [2.45, 2.75) is 51.1 Å². The molecule has 0 saturated heterocycles. The first-order valence-corrected chi connectivity index (χ1v) is 6.53. The van der Waals surface area contributed by atoms with E-state index in [9.17, 15) is 4.79 Å². The van der Waals surface area contributed by atoms with E-state index in [4.69, 9.17) is 5.73 Å². The molecule has 2 aliphatic rings. The molecule has 2 amide bonds. The number of carbonyl (C=O) groups excluding carboxylic acids is 1. The summed E-state index contributed by atoms with van der Waals surface area (Å²) in [7, 11) is 0. The fraction of sp³-hybridized carbons (Fsp3) is 0.917. The number of carbonyl (C=O) groups is 1. The second-order valence-corrected chi connectivity index (χ2v) is 5.00. The topological polar surface area (TPSA) is 58.4 Å². The van der Waals surface area contributed by atoms with Crippen LogP contribution in [0.2, 0.25) is 0 Å². The highest BCUT2D eigenvalue weighted by atomic mass is 16.2. The maximum atomic E-state index is 12.0. The summed E-state index contributed by atoms with van der Waals surface area (Å²) in [5.41, 5.74) is 5.77. The lowest BCUT2D eigenvalue weighted by atomic mass is 10.0. The summed E-state index contributed by atoms with van der Waals surface area (Å²) in [6.45, 7) is 3.55. The number of amides is 2. The maximum Gasteiger partial charge on any atom is 0.317 e. The van der Waals surface area contributed by atoms with Gasteiger partial charge in [-0.15, -0.1) is 0 Å². The Balaban J connectivity index is 1.93. The van der Waals surface area contributed by atoms with Crippen molar-refractivity contribution < 1.29 is 4.79 Å². The average molecular weight is 225 g/mol. The van der Waals surface area contributed by atoms with E-state index in [2.05, 4.69) is 12.2 Å². The highest BCUT2D eigenvalue weighted by molar-refractivity contribution is 5.75. The molecule has 0 bridgehead atoms. The molecule has 0 heterocycles. The van der Waals surface area contributed by atoms with Crippen LogP contribution in [0.15, 0.2) is 0 Å². The summed E-state index contributed by atoms with van der Waals surface area (Å²) in [6.07, 6.45) is 5.80. The number of rotatable bonds is 4. The molecule has 0 radical (unpaired) electrons.